The van der Waals surface area contributed by atoms with Gasteiger partial charge in [0.25, 0.3) is 0 Å². The average molecular weight is 371 g/mol. The third kappa shape index (κ3) is 2.95. The summed E-state index contributed by atoms with van der Waals surface area (Å²) < 4.78 is 39.9. The molecule has 3 fully saturated rings. The molecular weight excluding hydrogens is 351 g/mol. The van der Waals surface area contributed by atoms with Gasteiger partial charge in [0.05, 0.1) is 6.54 Å². The highest BCUT2D eigenvalue weighted by Crippen LogP contribution is 2.37. The van der Waals surface area contributed by atoms with Crippen molar-refractivity contribution in [1.29, 1.82) is 0 Å². The molecule has 1 aromatic heterocycles. The van der Waals surface area contributed by atoms with Crippen LogP contribution < -0.4 is 9.80 Å². The molecule has 1 N–H and O–H groups in total. The maximum Gasteiger partial charge on any atom is 0.433 e. The quantitative estimate of drug-likeness (QED) is 0.859. The first-order valence-corrected chi connectivity index (χ1v) is 8.68. The summed E-state index contributed by atoms with van der Waals surface area (Å²) in [6, 6.07) is 1.16. The zero-order valence-electron chi connectivity index (χ0n) is 14.3. The number of fused-ring (bicyclic) bond motifs is 2. The van der Waals surface area contributed by atoms with Gasteiger partial charge in [-0.25, -0.2) is 4.98 Å². The molecule has 4 heterocycles. The summed E-state index contributed by atoms with van der Waals surface area (Å²) in [5.74, 6) is -0.484. The molecule has 10 heteroatoms. The molecule has 3 aliphatic heterocycles. The van der Waals surface area contributed by atoms with E-state index in [1.54, 1.807) is 4.90 Å². The lowest BCUT2D eigenvalue weighted by Gasteiger charge is -2.40. The van der Waals surface area contributed by atoms with Gasteiger partial charge >= 0.3 is 12.1 Å². The van der Waals surface area contributed by atoms with Crippen molar-refractivity contribution in [3.63, 3.8) is 0 Å². The fourth-order valence-corrected chi connectivity index (χ4v) is 4.05. The molecule has 0 amide bonds. The first-order chi connectivity index (χ1) is 12.2. The highest BCUT2D eigenvalue weighted by Gasteiger charge is 2.45. The van der Waals surface area contributed by atoms with E-state index >= 15 is 0 Å². The molecule has 3 saturated heterocycles. The summed E-state index contributed by atoms with van der Waals surface area (Å²) in [6.45, 7) is 3.57. The Morgan fingerprint density at radius 3 is 2.54 bits per heavy atom. The molecule has 0 radical (unpaired) electrons. The molecule has 0 aromatic carbocycles. The number of aliphatic carboxylic acids is 1. The Bertz CT molecular complexity index is 728. The van der Waals surface area contributed by atoms with Crippen molar-refractivity contribution in [3.8, 4) is 0 Å². The fraction of sp³-hybridized carbons (Fsp3) is 0.688. The number of nitrogens with zero attached hydrogens (tertiary/aromatic N) is 5. The lowest BCUT2D eigenvalue weighted by Crippen LogP contribution is -2.49. The minimum absolute atomic E-state index is 0.0167. The maximum atomic E-state index is 13.3. The molecular formula is C16H20F3N5O2. The van der Waals surface area contributed by atoms with Crippen LogP contribution in [-0.4, -0.2) is 70.2 Å². The number of aromatic nitrogens is 2. The molecule has 4 rings (SSSR count). The number of likely N-dealkylation sites (tertiary alicyclic amines) is 1. The van der Waals surface area contributed by atoms with E-state index in [0.717, 1.165) is 18.9 Å². The molecule has 2 bridgehead atoms. The summed E-state index contributed by atoms with van der Waals surface area (Å²) in [5, 5.41) is 8.96. The first-order valence-electron chi connectivity index (χ1n) is 8.68. The number of rotatable bonds is 4. The van der Waals surface area contributed by atoms with Crippen LogP contribution in [-0.2, 0) is 11.0 Å². The van der Waals surface area contributed by atoms with E-state index in [-0.39, 0.29) is 36.4 Å². The molecule has 0 saturated carbocycles. The van der Waals surface area contributed by atoms with Crippen molar-refractivity contribution in [3.05, 3.63) is 11.8 Å². The van der Waals surface area contributed by atoms with Crippen LogP contribution in [0.4, 0.5) is 24.9 Å². The summed E-state index contributed by atoms with van der Waals surface area (Å²) in [5.41, 5.74) is -0.929. The average Bonchev–Trinajstić information content (AvgIpc) is 3.11. The molecule has 3 aliphatic rings. The van der Waals surface area contributed by atoms with E-state index in [2.05, 4.69) is 9.97 Å². The van der Waals surface area contributed by atoms with Gasteiger partial charge in [-0.05, 0) is 19.8 Å². The second-order valence-corrected chi connectivity index (χ2v) is 7.26. The summed E-state index contributed by atoms with van der Waals surface area (Å²) >= 11 is 0. The molecule has 142 valence electrons. The Morgan fingerprint density at radius 1 is 1.27 bits per heavy atom. The van der Waals surface area contributed by atoms with Gasteiger partial charge < -0.3 is 14.9 Å². The minimum Gasteiger partial charge on any atom is -0.480 e. The van der Waals surface area contributed by atoms with Gasteiger partial charge in [-0.2, -0.15) is 18.2 Å². The predicted octanol–water partition coefficient (Wildman–Crippen LogP) is 1.44. The van der Waals surface area contributed by atoms with Crippen molar-refractivity contribution >= 4 is 17.7 Å². The number of alkyl halides is 3. The van der Waals surface area contributed by atoms with E-state index in [0.29, 0.717) is 19.6 Å². The van der Waals surface area contributed by atoms with Crippen LogP contribution in [0.1, 0.15) is 25.5 Å². The molecule has 7 nitrogen and oxygen atoms in total. The second-order valence-electron chi connectivity index (χ2n) is 7.26. The van der Waals surface area contributed by atoms with Gasteiger partial charge in [0.15, 0.2) is 5.69 Å². The Hall–Kier alpha value is -2.10. The summed E-state index contributed by atoms with van der Waals surface area (Å²) in [7, 11) is 0. The summed E-state index contributed by atoms with van der Waals surface area (Å²) in [4.78, 5) is 24.6. The van der Waals surface area contributed by atoms with Gasteiger partial charge in [0.1, 0.15) is 5.82 Å². The highest BCUT2D eigenvalue weighted by atomic mass is 19.4. The Morgan fingerprint density at radius 2 is 2.04 bits per heavy atom. The van der Waals surface area contributed by atoms with Crippen molar-refractivity contribution in [1.82, 2.24) is 14.9 Å². The number of hydrogen-bond donors (Lipinski definition) is 1. The van der Waals surface area contributed by atoms with E-state index in [9.17, 15) is 18.0 Å². The number of carbonyl (C=O) groups is 1. The molecule has 26 heavy (non-hydrogen) atoms. The first kappa shape index (κ1) is 17.3. The predicted molar refractivity (Wildman–Crippen MR) is 87.2 cm³/mol. The van der Waals surface area contributed by atoms with Gasteiger partial charge in [-0.15, -0.1) is 0 Å². The lowest BCUT2D eigenvalue weighted by atomic mass is 10.1. The highest BCUT2D eigenvalue weighted by molar-refractivity contribution is 5.69. The number of carboxylic acid groups (broad SMARTS) is 1. The lowest BCUT2D eigenvalue weighted by molar-refractivity contribution is -0.141. The normalized spacial score (nSPS) is 28.5. The number of anilines is 2. The van der Waals surface area contributed by atoms with Crippen molar-refractivity contribution < 1.29 is 23.1 Å². The third-order valence-corrected chi connectivity index (χ3v) is 5.55. The zero-order valence-corrected chi connectivity index (χ0v) is 14.3. The van der Waals surface area contributed by atoms with Crippen molar-refractivity contribution in [2.45, 2.75) is 44.1 Å². The molecule has 0 spiro atoms. The second kappa shape index (κ2) is 5.97. The molecule has 0 unspecified atom stereocenters. The van der Waals surface area contributed by atoms with Crippen LogP contribution in [0.5, 0.6) is 0 Å². The van der Waals surface area contributed by atoms with E-state index in [1.807, 2.05) is 16.7 Å². The standard InChI is InChI=1S/C16H20F3N5O2/c1-9-2-3-23(9)15-20-12(16(17,18)19)5-13(21-15)24-7-10-4-11(24)6-22(10)8-14(25)26/h5,9-11H,2-4,6-8H2,1H3,(H,25,26)/t9-,10-,11-/m0/s1. The molecule has 0 aliphatic carbocycles. The minimum atomic E-state index is -4.53. The van der Waals surface area contributed by atoms with E-state index in [4.69, 9.17) is 5.11 Å². The maximum absolute atomic E-state index is 13.3. The van der Waals surface area contributed by atoms with Crippen LogP contribution >= 0.6 is 0 Å². The zero-order chi connectivity index (χ0) is 18.6. The van der Waals surface area contributed by atoms with Gasteiger partial charge in [0, 0.05) is 43.8 Å². The van der Waals surface area contributed by atoms with Crippen molar-refractivity contribution in [2.75, 3.05) is 36.0 Å². The van der Waals surface area contributed by atoms with Crippen LogP contribution in [0.3, 0.4) is 0 Å². The largest absolute Gasteiger partial charge is 0.480 e. The Kier molecular flexibility index (Phi) is 3.98. The monoisotopic (exact) mass is 371 g/mol. The van der Waals surface area contributed by atoms with E-state index in [1.165, 1.54) is 0 Å². The number of hydrogen-bond acceptors (Lipinski definition) is 6. The topological polar surface area (TPSA) is 72.8 Å². The van der Waals surface area contributed by atoms with Crippen LogP contribution in [0.2, 0.25) is 0 Å². The van der Waals surface area contributed by atoms with Gasteiger partial charge in [0.2, 0.25) is 5.95 Å². The van der Waals surface area contributed by atoms with Gasteiger partial charge in [-0.3, -0.25) is 9.69 Å². The molecule has 3 atom stereocenters. The van der Waals surface area contributed by atoms with Crippen LogP contribution in [0.25, 0.3) is 0 Å². The van der Waals surface area contributed by atoms with Crippen LogP contribution in [0.15, 0.2) is 6.07 Å². The third-order valence-electron chi connectivity index (χ3n) is 5.55. The SMILES string of the molecule is C[C@H]1CCN1c1nc(N2C[C@@H]3C[C@H]2CN3CC(=O)O)cc(C(F)(F)F)n1. The number of carboxylic acids is 1. The Balaban J connectivity index is 1.61. The smallest absolute Gasteiger partial charge is 0.433 e. The van der Waals surface area contributed by atoms with Crippen LogP contribution in [0, 0.1) is 0 Å². The van der Waals surface area contributed by atoms with Crippen molar-refractivity contribution in [2.24, 2.45) is 0 Å². The molecule has 1 aromatic rings. The van der Waals surface area contributed by atoms with E-state index < -0.39 is 17.8 Å². The number of piperazine rings is 1. The Labute approximate surface area is 148 Å². The number of halogens is 3. The van der Waals surface area contributed by atoms with Gasteiger partial charge in [-0.1, -0.05) is 0 Å². The fourth-order valence-electron chi connectivity index (χ4n) is 4.05. The summed E-state index contributed by atoms with van der Waals surface area (Å²) in [6.07, 6.45) is -2.88.